The molecule has 0 aliphatic carbocycles. The molecule has 196 valence electrons. The number of carbonyl (C=O) groups excluding carboxylic acids is 3. The number of rotatable bonds is 4. The molecule has 0 radical (unpaired) electrons. The SMILES string of the molecule is CC1=C[C@H]2N(c3ccccc31)[C@@H](C(=O)c1ccccc1Cl)[C@@H](C(=O)c1ccncc1)[C@@]21C(=O)Nc2ccccc21. The van der Waals surface area contributed by atoms with Gasteiger partial charge in [0, 0.05) is 40.5 Å². The highest BCUT2D eigenvalue weighted by molar-refractivity contribution is 6.34. The molecular formula is C33H24ClN3O3. The molecule has 0 bridgehead atoms. The van der Waals surface area contributed by atoms with Crippen LogP contribution in [-0.2, 0) is 10.2 Å². The van der Waals surface area contributed by atoms with Crippen LogP contribution in [-0.4, -0.2) is 34.5 Å². The summed E-state index contributed by atoms with van der Waals surface area (Å²) >= 11 is 6.58. The van der Waals surface area contributed by atoms with Gasteiger partial charge in [0.1, 0.15) is 11.5 Å². The van der Waals surface area contributed by atoms with Gasteiger partial charge >= 0.3 is 0 Å². The van der Waals surface area contributed by atoms with Gasteiger partial charge in [-0.25, -0.2) is 0 Å². The topological polar surface area (TPSA) is 79.4 Å². The Hall–Kier alpha value is -4.55. The standard InChI is InChI=1S/C33H24ClN3O3/c1-19-18-27-33(23-10-4-6-12-25(23)36-32(33)40)28(30(38)20-14-16-35-17-15-20)29(31(39)22-9-2-5-11-24(22)34)37(27)26-13-7-3-8-21(19)26/h2-18,27-29H,1H3,(H,36,40)/t27-,28+,29-,33+/m1/s1. The largest absolute Gasteiger partial charge is 0.352 e. The van der Waals surface area contributed by atoms with Gasteiger partial charge < -0.3 is 10.2 Å². The average molecular weight is 546 g/mol. The van der Waals surface area contributed by atoms with Crippen molar-refractivity contribution in [2.75, 3.05) is 10.2 Å². The maximum Gasteiger partial charge on any atom is 0.238 e. The van der Waals surface area contributed by atoms with Crippen LogP contribution in [0.5, 0.6) is 0 Å². The number of allylic oxidation sites excluding steroid dienone is 1. The van der Waals surface area contributed by atoms with Crippen molar-refractivity contribution in [1.29, 1.82) is 0 Å². The average Bonchev–Trinajstić information content (AvgIpc) is 3.45. The molecule has 4 heterocycles. The number of anilines is 2. The lowest BCUT2D eigenvalue weighted by Gasteiger charge is -2.39. The molecule has 0 saturated carbocycles. The molecule has 40 heavy (non-hydrogen) atoms. The van der Waals surface area contributed by atoms with Crippen LogP contribution in [0.15, 0.2) is 103 Å². The van der Waals surface area contributed by atoms with Crippen LogP contribution in [0.1, 0.15) is 38.8 Å². The Morgan fingerprint density at radius 2 is 1.60 bits per heavy atom. The van der Waals surface area contributed by atoms with E-state index in [9.17, 15) is 14.4 Å². The Bertz CT molecular complexity index is 1750. The second-order valence-electron chi connectivity index (χ2n) is 10.5. The minimum Gasteiger partial charge on any atom is -0.352 e. The van der Waals surface area contributed by atoms with Crippen LogP contribution in [0.3, 0.4) is 0 Å². The lowest BCUT2D eigenvalue weighted by Crippen LogP contribution is -2.51. The summed E-state index contributed by atoms with van der Waals surface area (Å²) in [5, 5.41) is 3.35. The van der Waals surface area contributed by atoms with Gasteiger partial charge in [0.15, 0.2) is 11.6 Å². The summed E-state index contributed by atoms with van der Waals surface area (Å²) < 4.78 is 0. The van der Waals surface area contributed by atoms with Gasteiger partial charge in [0.05, 0.1) is 17.0 Å². The Morgan fingerprint density at radius 3 is 2.40 bits per heavy atom. The van der Waals surface area contributed by atoms with Crippen molar-refractivity contribution in [2.24, 2.45) is 5.92 Å². The molecule has 3 aliphatic rings. The number of carbonyl (C=O) groups is 3. The zero-order valence-electron chi connectivity index (χ0n) is 21.5. The van der Waals surface area contributed by atoms with E-state index in [1.807, 2.05) is 66.4 Å². The zero-order valence-corrected chi connectivity index (χ0v) is 22.3. The van der Waals surface area contributed by atoms with Crippen molar-refractivity contribution in [1.82, 2.24) is 4.98 Å². The highest BCUT2D eigenvalue weighted by Crippen LogP contribution is 2.58. The fourth-order valence-electron chi connectivity index (χ4n) is 6.90. The lowest BCUT2D eigenvalue weighted by atomic mass is 9.64. The third-order valence-corrected chi connectivity index (χ3v) is 8.87. The number of nitrogens with zero attached hydrogens (tertiary/aromatic N) is 2. The quantitative estimate of drug-likeness (QED) is 0.319. The molecule has 4 aromatic rings. The van der Waals surface area contributed by atoms with Crippen molar-refractivity contribution in [3.63, 3.8) is 0 Å². The Morgan fingerprint density at radius 1 is 0.900 bits per heavy atom. The van der Waals surface area contributed by atoms with E-state index >= 15 is 0 Å². The number of ketones is 2. The van der Waals surface area contributed by atoms with Gasteiger partial charge in [0.2, 0.25) is 5.91 Å². The number of para-hydroxylation sites is 2. The lowest BCUT2D eigenvalue weighted by molar-refractivity contribution is -0.121. The van der Waals surface area contributed by atoms with Crippen LogP contribution in [0.4, 0.5) is 11.4 Å². The van der Waals surface area contributed by atoms with Crippen molar-refractivity contribution < 1.29 is 14.4 Å². The molecule has 7 rings (SSSR count). The van der Waals surface area contributed by atoms with E-state index in [0.29, 0.717) is 27.4 Å². The molecule has 0 unspecified atom stereocenters. The summed E-state index contributed by atoms with van der Waals surface area (Å²) in [7, 11) is 0. The predicted molar refractivity (Wildman–Crippen MR) is 155 cm³/mol. The van der Waals surface area contributed by atoms with Crippen LogP contribution in [0, 0.1) is 5.92 Å². The molecule has 1 spiro atoms. The van der Waals surface area contributed by atoms with E-state index in [1.165, 1.54) is 0 Å². The smallest absolute Gasteiger partial charge is 0.238 e. The van der Waals surface area contributed by atoms with Crippen LogP contribution in [0.2, 0.25) is 5.02 Å². The van der Waals surface area contributed by atoms with Crippen molar-refractivity contribution in [3.8, 4) is 0 Å². The Balaban J connectivity index is 1.57. The number of halogens is 1. The van der Waals surface area contributed by atoms with Crippen LogP contribution < -0.4 is 10.2 Å². The molecule has 3 aromatic carbocycles. The monoisotopic (exact) mass is 545 g/mol. The summed E-state index contributed by atoms with van der Waals surface area (Å²) in [4.78, 5) is 49.8. The third kappa shape index (κ3) is 3.23. The summed E-state index contributed by atoms with van der Waals surface area (Å²) in [6, 6.07) is 23.8. The van der Waals surface area contributed by atoms with E-state index in [4.69, 9.17) is 11.6 Å². The van der Waals surface area contributed by atoms with Gasteiger partial charge in [-0.2, -0.15) is 0 Å². The summed E-state index contributed by atoms with van der Waals surface area (Å²) in [6.07, 6.45) is 5.14. The predicted octanol–water partition coefficient (Wildman–Crippen LogP) is 5.98. The van der Waals surface area contributed by atoms with Gasteiger partial charge in [-0.1, -0.05) is 66.2 Å². The molecule has 1 N–H and O–H groups in total. The van der Waals surface area contributed by atoms with Crippen molar-refractivity contribution in [3.05, 3.63) is 131 Å². The highest BCUT2D eigenvalue weighted by Gasteiger charge is 2.70. The number of amides is 1. The molecular weight excluding hydrogens is 522 g/mol. The van der Waals surface area contributed by atoms with Crippen molar-refractivity contribution >= 4 is 46.0 Å². The maximum absolute atomic E-state index is 14.7. The third-order valence-electron chi connectivity index (χ3n) is 8.54. The van der Waals surface area contributed by atoms with Crippen LogP contribution in [0.25, 0.3) is 5.57 Å². The normalized spacial score (nSPS) is 24.1. The minimum absolute atomic E-state index is 0.294. The molecule has 1 saturated heterocycles. The number of Topliss-reactive ketones (excluding diaryl/α,β-unsaturated/α-hetero) is 2. The number of hydrogen-bond acceptors (Lipinski definition) is 5. The molecule has 6 nitrogen and oxygen atoms in total. The van der Waals surface area contributed by atoms with Gasteiger partial charge in [-0.3, -0.25) is 19.4 Å². The van der Waals surface area contributed by atoms with Crippen molar-refractivity contribution in [2.45, 2.75) is 24.4 Å². The maximum atomic E-state index is 14.7. The number of hydrogen-bond donors (Lipinski definition) is 1. The van der Waals surface area contributed by atoms with E-state index in [-0.39, 0.29) is 17.5 Å². The van der Waals surface area contributed by atoms with E-state index in [2.05, 4.69) is 10.3 Å². The van der Waals surface area contributed by atoms with E-state index < -0.39 is 23.4 Å². The number of fused-ring (bicyclic) bond motifs is 6. The fourth-order valence-corrected chi connectivity index (χ4v) is 7.13. The minimum atomic E-state index is -1.37. The number of aromatic nitrogens is 1. The summed E-state index contributed by atoms with van der Waals surface area (Å²) in [5.74, 6) is -1.95. The molecule has 7 heteroatoms. The fraction of sp³-hybridized carbons (Fsp3) is 0.152. The molecule has 1 aromatic heterocycles. The first kappa shape index (κ1) is 24.5. The van der Waals surface area contributed by atoms with Crippen LogP contribution >= 0.6 is 11.6 Å². The summed E-state index contributed by atoms with van der Waals surface area (Å²) in [5.41, 5.74) is 3.43. The molecule has 4 atom stereocenters. The Kier molecular flexibility index (Phi) is 5.51. The number of pyridine rings is 1. The number of nitrogens with one attached hydrogen (secondary N) is 1. The molecule has 1 fully saturated rings. The van der Waals surface area contributed by atoms with E-state index in [1.54, 1.807) is 48.8 Å². The first-order valence-electron chi connectivity index (χ1n) is 13.1. The molecule has 3 aliphatic heterocycles. The van der Waals surface area contributed by atoms with E-state index in [0.717, 1.165) is 16.8 Å². The Labute approximate surface area is 236 Å². The first-order valence-corrected chi connectivity index (χ1v) is 13.5. The van der Waals surface area contributed by atoms with Gasteiger partial charge in [0.25, 0.3) is 0 Å². The first-order chi connectivity index (χ1) is 19.4. The second kappa shape index (κ2) is 9.00. The van der Waals surface area contributed by atoms with Gasteiger partial charge in [-0.05, 0) is 54.5 Å². The number of benzene rings is 3. The highest BCUT2D eigenvalue weighted by atomic mass is 35.5. The zero-order chi connectivity index (χ0) is 27.6. The van der Waals surface area contributed by atoms with Gasteiger partial charge in [-0.15, -0.1) is 0 Å². The molecule has 1 amide bonds. The summed E-state index contributed by atoms with van der Waals surface area (Å²) in [6.45, 7) is 2.01. The second-order valence-corrected chi connectivity index (χ2v) is 10.9.